The molecule has 0 spiro atoms. The van der Waals surface area contributed by atoms with E-state index in [1.54, 1.807) is 0 Å². The van der Waals surface area contributed by atoms with Crippen LogP contribution in [0.15, 0.2) is 146 Å². The van der Waals surface area contributed by atoms with Crippen LogP contribution in [0.2, 0.25) is 0 Å². The molecule has 13 rings (SSSR count). The third-order valence-corrected chi connectivity index (χ3v) is 24.4. The molecule has 11 aromatic rings. The normalized spacial score (nSPS) is 12.1. The molecule has 0 saturated heterocycles. The Hall–Kier alpha value is -7.72. The first-order valence-corrected chi connectivity index (χ1v) is 39.3. The van der Waals surface area contributed by atoms with Gasteiger partial charge in [0.25, 0.3) is 0 Å². The molecule has 490 valence electrons. The van der Waals surface area contributed by atoms with E-state index in [0.29, 0.717) is 0 Å². The largest absolute Gasteiger partial charge is 0.354 e. The summed E-state index contributed by atoms with van der Waals surface area (Å²) in [5.74, 6) is 0. The fourth-order valence-corrected chi connectivity index (χ4v) is 18.5. The Morgan fingerprint density at radius 2 is 0.469 bits per heavy atom. The molecule has 8 heteroatoms. The first-order chi connectivity index (χ1) is 47.0. The summed E-state index contributed by atoms with van der Waals surface area (Å²) in [6.45, 7) is 18.4. The van der Waals surface area contributed by atoms with Crippen molar-refractivity contribution in [2.75, 3.05) is 0 Å². The first kappa shape index (κ1) is 66.9. The van der Waals surface area contributed by atoms with Crippen LogP contribution in [0.4, 0.5) is 0 Å². The zero-order valence-electron chi connectivity index (χ0n) is 57.8. The van der Waals surface area contributed by atoms with Crippen molar-refractivity contribution in [2.45, 2.75) is 184 Å². The van der Waals surface area contributed by atoms with Gasteiger partial charge in [0, 0.05) is 83.3 Å². The number of nitrogens with zero attached hydrogens (tertiary/aromatic N) is 2. The summed E-state index contributed by atoms with van der Waals surface area (Å²) in [5.41, 5.74) is 27.2. The first-order valence-electron chi connectivity index (χ1n) is 36.0. The highest BCUT2D eigenvalue weighted by molar-refractivity contribution is 7.16. The number of H-pyrrole nitrogens is 2. The number of hydrogen-bond acceptors (Lipinski definition) is 6. The van der Waals surface area contributed by atoms with Gasteiger partial charge >= 0.3 is 0 Å². The van der Waals surface area contributed by atoms with Gasteiger partial charge in [-0.15, -0.1) is 45.3 Å². The van der Waals surface area contributed by atoms with Crippen LogP contribution < -0.4 is 0 Å². The minimum Gasteiger partial charge on any atom is -0.354 e. The summed E-state index contributed by atoms with van der Waals surface area (Å²) < 4.78 is 0. The second-order valence-corrected chi connectivity index (χ2v) is 31.8. The summed E-state index contributed by atoms with van der Waals surface area (Å²) >= 11 is 7.69. The Morgan fingerprint density at radius 3 is 0.677 bits per heavy atom. The molecule has 4 aromatic carbocycles. The van der Waals surface area contributed by atoms with Crippen LogP contribution in [0.3, 0.4) is 0 Å². The molecule has 2 aliphatic heterocycles. The van der Waals surface area contributed by atoms with E-state index < -0.39 is 0 Å². The molecule has 2 N–H and O–H groups in total. The monoisotopic (exact) mass is 1330 g/mol. The van der Waals surface area contributed by atoms with Crippen molar-refractivity contribution < 1.29 is 0 Å². The van der Waals surface area contributed by atoms with Crippen LogP contribution >= 0.6 is 45.3 Å². The van der Waals surface area contributed by atoms with Crippen LogP contribution in [-0.2, 0) is 25.7 Å². The van der Waals surface area contributed by atoms with E-state index in [4.69, 9.17) is 9.97 Å². The molecule has 0 atom stereocenters. The Morgan fingerprint density at radius 1 is 0.260 bits per heavy atom. The van der Waals surface area contributed by atoms with E-state index in [1.165, 1.54) is 186 Å². The number of unbranched alkanes of at least 4 members (excludes halogenated alkanes) is 12. The minimum absolute atomic E-state index is 0.911. The molecule has 0 saturated carbocycles. The Balaban J connectivity index is 0.991. The number of nitrogens with one attached hydrogen (secondary N) is 2. The van der Waals surface area contributed by atoms with E-state index in [1.807, 2.05) is 45.3 Å². The van der Waals surface area contributed by atoms with Gasteiger partial charge < -0.3 is 9.97 Å². The smallest absolute Gasteiger partial charge is 0.0737 e. The number of rotatable bonds is 28. The lowest BCUT2D eigenvalue weighted by atomic mass is 10.0. The van der Waals surface area contributed by atoms with E-state index in [2.05, 4.69) is 235 Å². The van der Waals surface area contributed by atoms with Crippen LogP contribution in [0, 0.1) is 27.7 Å². The van der Waals surface area contributed by atoms with Gasteiger partial charge in [-0.1, -0.05) is 202 Å². The molecule has 9 heterocycles. The summed E-state index contributed by atoms with van der Waals surface area (Å²) in [5, 5.41) is 0. The molecule has 7 aromatic heterocycles. The van der Waals surface area contributed by atoms with Gasteiger partial charge in [-0.05, 0) is 219 Å². The van der Waals surface area contributed by atoms with Gasteiger partial charge in [0.15, 0.2) is 0 Å². The number of aromatic nitrogens is 4. The molecule has 0 unspecified atom stereocenters. The van der Waals surface area contributed by atoms with Gasteiger partial charge in [0.2, 0.25) is 0 Å². The van der Waals surface area contributed by atoms with Crippen molar-refractivity contribution in [1.29, 1.82) is 0 Å². The quantitative estimate of drug-likeness (QED) is 0.0480. The molecule has 0 fully saturated rings. The molecule has 96 heavy (non-hydrogen) atoms. The number of aromatic amines is 2. The third kappa shape index (κ3) is 15.0. The maximum Gasteiger partial charge on any atom is 0.0737 e. The Kier molecular flexibility index (Phi) is 21.7. The maximum atomic E-state index is 5.77. The van der Waals surface area contributed by atoms with Crippen molar-refractivity contribution in [2.24, 2.45) is 0 Å². The molecule has 0 radical (unpaired) electrons. The van der Waals surface area contributed by atoms with Crippen molar-refractivity contribution in [3.8, 4) is 86.3 Å². The minimum atomic E-state index is 0.911. The van der Waals surface area contributed by atoms with E-state index in [0.717, 1.165) is 115 Å². The Bertz CT molecular complexity index is 4130. The highest BCUT2D eigenvalue weighted by Gasteiger charge is 2.22. The number of benzene rings is 4. The van der Waals surface area contributed by atoms with E-state index >= 15 is 0 Å². The zero-order chi connectivity index (χ0) is 66.1. The number of thiophene rings is 4. The van der Waals surface area contributed by atoms with Crippen molar-refractivity contribution in [3.05, 3.63) is 210 Å². The van der Waals surface area contributed by atoms with Crippen molar-refractivity contribution >= 4 is 91.7 Å². The molecule has 0 aliphatic carbocycles. The molecule has 4 nitrogen and oxygen atoms in total. The predicted octanol–water partition coefficient (Wildman–Crippen LogP) is 28.0. The van der Waals surface area contributed by atoms with Crippen LogP contribution in [0.25, 0.3) is 133 Å². The van der Waals surface area contributed by atoms with Gasteiger partial charge in [-0.3, -0.25) is 0 Å². The van der Waals surface area contributed by atoms with Gasteiger partial charge in [-0.2, -0.15) is 0 Å². The van der Waals surface area contributed by atoms with Crippen molar-refractivity contribution in [3.63, 3.8) is 0 Å². The standard InChI is InChI=1S/C88H94N4S4/c1-9-13-17-21-25-69-53-81(93-57(69)5)61-29-37-65(38-30-61)85-73-45-47-75(89-73)86(66-39-31-62(32-40-66)82-54-70(58(6)94-82)26-22-18-14-10-2)77-49-51-79(91-77)88(68-43-35-64(36-44-68)84-56-72(60(8)96-84)28-24-20-16-12-4)80-52-50-78(92-80)87(76-48-46-74(85)90-76)67-41-33-63(34-42-67)83-55-71(59(7)95-83)27-23-19-15-11-3/h29-56,89,92H,9-28H2,1-8H3. The van der Waals surface area contributed by atoms with Crippen LogP contribution in [0.1, 0.15) is 195 Å². The average Bonchev–Trinajstić information content (AvgIpc) is 1.60. The SMILES string of the molecule is CCCCCCc1cc(-c2ccc(-c3c4nc(c(-c5ccc(-c6cc(CCCCCC)c(C)s6)cc5)c5ccc([nH]5)c(-c5ccc(-c6cc(CCCCCC)c(C)s6)cc5)c5nc(c(-c6ccc(-c7cc(CCCCCC)c(C)s7)cc6)c6ccc3[nH]6)C=C5)C=C4)cc2)sc1C. The lowest BCUT2D eigenvalue weighted by Crippen LogP contribution is -1.90. The molecular formula is C88H94N4S4. The zero-order valence-corrected chi connectivity index (χ0v) is 61.1. The fraction of sp³-hybridized carbons (Fsp3) is 0.318. The number of fused-ring (bicyclic) bond motifs is 8. The summed E-state index contributed by atoms with van der Waals surface area (Å²) in [7, 11) is 0. The van der Waals surface area contributed by atoms with E-state index in [9.17, 15) is 0 Å². The highest BCUT2D eigenvalue weighted by Crippen LogP contribution is 2.43. The fourth-order valence-electron chi connectivity index (χ4n) is 14.2. The molecular weight excluding hydrogens is 1240 g/mol. The summed E-state index contributed by atoms with van der Waals surface area (Å²) in [6.07, 6.45) is 33.8. The summed E-state index contributed by atoms with van der Waals surface area (Å²) in [6, 6.07) is 55.9. The summed E-state index contributed by atoms with van der Waals surface area (Å²) in [4.78, 5) is 30.7. The number of hydrogen-bond donors (Lipinski definition) is 2. The molecule has 8 bridgehead atoms. The second-order valence-electron chi connectivity index (χ2n) is 26.8. The van der Waals surface area contributed by atoms with E-state index in [-0.39, 0.29) is 0 Å². The maximum absolute atomic E-state index is 5.77. The topological polar surface area (TPSA) is 57.4 Å². The predicted molar refractivity (Wildman–Crippen MR) is 424 cm³/mol. The number of aryl methyl sites for hydroxylation is 8. The van der Waals surface area contributed by atoms with Gasteiger partial charge in [-0.25, -0.2) is 9.97 Å². The lowest BCUT2D eigenvalue weighted by Gasteiger charge is -2.08. The van der Waals surface area contributed by atoms with Crippen molar-refractivity contribution in [1.82, 2.24) is 19.9 Å². The third-order valence-electron chi connectivity index (χ3n) is 19.9. The van der Waals surface area contributed by atoms with Gasteiger partial charge in [0.05, 0.1) is 22.8 Å². The average molecular weight is 1340 g/mol. The van der Waals surface area contributed by atoms with Crippen LogP contribution in [-0.4, -0.2) is 19.9 Å². The van der Waals surface area contributed by atoms with Crippen LogP contribution in [0.5, 0.6) is 0 Å². The second kappa shape index (κ2) is 31.2. The molecule has 0 amide bonds. The molecule has 2 aliphatic rings. The highest BCUT2D eigenvalue weighted by atomic mass is 32.1. The lowest BCUT2D eigenvalue weighted by molar-refractivity contribution is 0.666. The van der Waals surface area contributed by atoms with Gasteiger partial charge in [0.1, 0.15) is 0 Å². The Labute approximate surface area is 587 Å².